The number of piperidine rings is 1. The summed E-state index contributed by atoms with van der Waals surface area (Å²) in [4.78, 5) is 28.6. The highest BCUT2D eigenvalue weighted by molar-refractivity contribution is 6.28. The monoisotopic (exact) mass is 495 g/mol. The average Bonchev–Trinajstić information content (AvgIpc) is 3.32. The molecule has 1 saturated heterocycles. The lowest BCUT2D eigenvalue weighted by molar-refractivity contribution is 0.0526. The zero-order valence-corrected chi connectivity index (χ0v) is 21.2. The summed E-state index contributed by atoms with van der Waals surface area (Å²) < 4.78 is 11.1. The number of rotatable bonds is 5. The first-order valence-corrected chi connectivity index (χ1v) is 12.8. The number of carbonyl (C=O) groups is 2. The maximum absolute atomic E-state index is 13.9. The smallest absolute Gasteiger partial charge is 0.338 e. The molecule has 2 unspecified atom stereocenters. The number of ether oxygens (including phenoxy) is 1. The Morgan fingerprint density at radius 1 is 1.08 bits per heavy atom. The molecule has 1 aliphatic heterocycles. The molecule has 0 spiro atoms. The Bertz CT molecular complexity index is 1530. The molecule has 0 radical (unpaired) electrons. The highest BCUT2D eigenvalue weighted by atomic mass is 16.5. The second kappa shape index (κ2) is 9.07. The van der Waals surface area contributed by atoms with Crippen molar-refractivity contribution in [2.75, 3.05) is 29.9 Å². The number of nitrogens with one attached hydrogen (secondary N) is 1. The number of esters is 1. The molecular formula is C30H29N3O4. The van der Waals surface area contributed by atoms with Gasteiger partial charge in [0.05, 0.1) is 34.5 Å². The molecule has 2 heterocycles. The van der Waals surface area contributed by atoms with Gasteiger partial charge in [-0.3, -0.25) is 4.79 Å². The maximum Gasteiger partial charge on any atom is 0.338 e. The molecule has 0 saturated carbocycles. The number of anilines is 3. The summed E-state index contributed by atoms with van der Waals surface area (Å²) in [5.74, 6) is 1.23. The van der Waals surface area contributed by atoms with Crippen molar-refractivity contribution in [3.05, 3.63) is 71.3 Å². The van der Waals surface area contributed by atoms with Crippen molar-refractivity contribution in [3.63, 3.8) is 0 Å². The Balaban J connectivity index is 1.54. The van der Waals surface area contributed by atoms with Gasteiger partial charge in [-0.05, 0) is 49.4 Å². The van der Waals surface area contributed by atoms with E-state index >= 15 is 0 Å². The Labute approximate surface area is 215 Å². The van der Waals surface area contributed by atoms with Gasteiger partial charge in [-0.15, -0.1) is 0 Å². The van der Waals surface area contributed by atoms with Crippen LogP contribution in [-0.2, 0) is 4.74 Å². The van der Waals surface area contributed by atoms with Crippen LogP contribution in [0.15, 0.2) is 59.1 Å². The van der Waals surface area contributed by atoms with Gasteiger partial charge in [-0.25, -0.2) is 4.79 Å². The molecule has 1 N–H and O–H groups in total. The predicted molar refractivity (Wildman–Crippen MR) is 144 cm³/mol. The van der Waals surface area contributed by atoms with E-state index in [1.807, 2.05) is 36.4 Å². The van der Waals surface area contributed by atoms with Crippen LogP contribution in [0, 0.1) is 11.8 Å². The van der Waals surface area contributed by atoms with E-state index in [1.54, 1.807) is 25.1 Å². The van der Waals surface area contributed by atoms with Gasteiger partial charge in [0, 0.05) is 29.9 Å². The van der Waals surface area contributed by atoms with E-state index < -0.39 is 0 Å². The Morgan fingerprint density at radius 2 is 1.84 bits per heavy atom. The molecule has 7 nitrogen and oxygen atoms in total. The van der Waals surface area contributed by atoms with Crippen LogP contribution in [0.2, 0.25) is 0 Å². The molecule has 1 fully saturated rings. The summed E-state index contributed by atoms with van der Waals surface area (Å²) >= 11 is 0. The summed E-state index contributed by atoms with van der Waals surface area (Å²) in [5, 5.41) is 8.67. The van der Waals surface area contributed by atoms with Crippen molar-refractivity contribution in [2.24, 2.45) is 11.8 Å². The standard InChI is InChI=1S/C30H29N3O4/c1-4-36-30(35)19-8-7-9-20(13-19)31-23-14-24(33-15-17(2)12-18(3)16-33)27-26-25(23)28(34)21-10-5-6-11-22(21)29(26)37-32-27/h5-11,13-14,17-18,31H,4,12,15-16H2,1-3H3. The number of carbonyl (C=O) groups excluding carboxylic acids is 2. The van der Waals surface area contributed by atoms with E-state index in [1.165, 1.54) is 6.42 Å². The summed E-state index contributed by atoms with van der Waals surface area (Å²) in [6.07, 6.45) is 1.18. The molecule has 2 atom stereocenters. The van der Waals surface area contributed by atoms with Crippen molar-refractivity contribution in [3.8, 4) is 11.3 Å². The van der Waals surface area contributed by atoms with Gasteiger partial charge in [-0.1, -0.05) is 49.3 Å². The molecule has 1 aliphatic carbocycles. The third kappa shape index (κ3) is 3.95. The molecular weight excluding hydrogens is 466 g/mol. The van der Waals surface area contributed by atoms with E-state index in [0.717, 1.165) is 29.7 Å². The largest absolute Gasteiger partial charge is 0.462 e. The molecule has 0 amide bonds. The predicted octanol–water partition coefficient (Wildman–Crippen LogP) is 6.44. The highest BCUT2D eigenvalue weighted by Gasteiger charge is 2.34. The number of benzene rings is 3. The number of fused-ring (bicyclic) bond motifs is 2. The van der Waals surface area contributed by atoms with Crippen molar-refractivity contribution in [1.82, 2.24) is 5.16 Å². The number of hydrogen-bond donors (Lipinski definition) is 1. The van der Waals surface area contributed by atoms with Gasteiger partial charge < -0.3 is 19.5 Å². The van der Waals surface area contributed by atoms with Crippen LogP contribution in [0.4, 0.5) is 17.1 Å². The van der Waals surface area contributed by atoms with Gasteiger partial charge in [0.1, 0.15) is 5.52 Å². The van der Waals surface area contributed by atoms with Gasteiger partial charge in [0.25, 0.3) is 0 Å². The minimum atomic E-state index is -0.383. The van der Waals surface area contributed by atoms with Gasteiger partial charge in [0.15, 0.2) is 11.5 Å². The lowest BCUT2D eigenvalue weighted by Crippen LogP contribution is -2.39. The van der Waals surface area contributed by atoms with Crippen LogP contribution < -0.4 is 10.2 Å². The fourth-order valence-electron chi connectivity index (χ4n) is 5.84. The van der Waals surface area contributed by atoms with Crippen molar-refractivity contribution in [2.45, 2.75) is 27.2 Å². The van der Waals surface area contributed by atoms with Crippen LogP contribution in [0.1, 0.15) is 53.5 Å². The van der Waals surface area contributed by atoms with E-state index in [2.05, 4.69) is 29.2 Å². The lowest BCUT2D eigenvalue weighted by atomic mass is 9.85. The fraction of sp³-hybridized carbons (Fsp3) is 0.300. The number of nitrogens with zero attached hydrogens (tertiary/aromatic N) is 2. The maximum atomic E-state index is 13.9. The first-order valence-electron chi connectivity index (χ1n) is 12.8. The van der Waals surface area contributed by atoms with E-state index in [4.69, 9.17) is 9.26 Å². The average molecular weight is 496 g/mol. The van der Waals surface area contributed by atoms with Gasteiger partial charge >= 0.3 is 5.97 Å². The molecule has 3 aromatic carbocycles. The minimum Gasteiger partial charge on any atom is -0.462 e. The molecule has 2 aliphatic rings. The molecule has 4 aromatic rings. The normalized spacial score (nSPS) is 18.6. The van der Waals surface area contributed by atoms with Crippen molar-refractivity contribution >= 4 is 39.7 Å². The van der Waals surface area contributed by atoms with Crippen LogP contribution >= 0.6 is 0 Å². The Morgan fingerprint density at radius 3 is 2.59 bits per heavy atom. The lowest BCUT2D eigenvalue weighted by Gasteiger charge is -2.37. The SMILES string of the molecule is CCOC(=O)c1cccc(Nc2cc(N3CC(C)CC(C)C3)c3noc4c3c2C(=O)c2ccccc2-4)c1. The van der Waals surface area contributed by atoms with E-state index in [-0.39, 0.29) is 11.8 Å². The second-order valence-corrected chi connectivity index (χ2v) is 10.2. The minimum absolute atomic E-state index is 0.0766. The first kappa shape index (κ1) is 23.3. The van der Waals surface area contributed by atoms with Crippen LogP contribution in [0.5, 0.6) is 0 Å². The molecule has 188 valence electrons. The number of hydrogen-bond acceptors (Lipinski definition) is 7. The van der Waals surface area contributed by atoms with Crippen molar-refractivity contribution in [1.29, 1.82) is 0 Å². The first-order chi connectivity index (χ1) is 17.9. The van der Waals surface area contributed by atoms with Crippen LogP contribution in [0.3, 0.4) is 0 Å². The Kier molecular flexibility index (Phi) is 5.71. The summed E-state index contributed by atoms with van der Waals surface area (Å²) in [5.41, 5.74) is 5.34. The van der Waals surface area contributed by atoms with Gasteiger partial charge in [-0.2, -0.15) is 0 Å². The highest BCUT2D eigenvalue weighted by Crippen LogP contribution is 2.47. The topological polar surface area (TPSA) is 84.7 Å². The Hall–Kier alpha value is -4.13. The molecule has 7 heteroatoms. The zero-order valence-electron chi connectivity index (χ0n) is 21.2. The van der Waals surface area contributed by atoms with E-state index in [0.29, 0.717) is 57.8 Å². The summed E-state index contributed by atoms with van der Waals surface area (Å²) in [7, 11) is 0. The van der Waals surface area contributed by atoms with E-state index in [9.17, 15) is 9.59 Å². The zero-order chi connectivity index (χ0) is 25.7. The number of aromatic nitrogens is 1. The molecule has 37 heavy (non-hydrogen) atoms. The molecule has 1 aromatic heterocycles. The summed E-state index contributed by atoms with van der Waals surface area (Å²) in [6, 6.07) is 16.6. The molecule has 6 rings (SSSR count). The second-order valence-electron chi connectivity index (χ2n) is 10.2. The van der Waals surface area contributed by atoms with Crippen molar-refractivity contribution < 1.29 is 18.8 Å². The van der Waals surface area contributed by atoms with Crippen LogP contribution in [-0.4, -0.2) is 36.6 Å². The van der Waals surface area contributed by atoms with Crippen LogP contribution in [0.25, 0.3) is 22.2 Å². The quantitative estimate of drug-likeness (QED) is 0.281. The fourth-order valence-corrected chi connectivity index (χ4v) is 5.84. The third-order valence-corrected chi connectivity index (χ3v) is 7.24. The summed E-state index contributed by atoms with van der Waals surface area (Å²) in [6.45, 7) is 8.44. The number of ketones is 1. The van der Waals surface area contributed by atoms with Gasteiger partial charge in [0.2, 0.25) is 0 Å². The third-order valence-electron chi connectivity index (χ3n) is 7.24. The molecule has 0 bridgehead atoms.